The second-order valence-corrected chi connectivity index (χ2v) is 9.81. The summed E-state index contributed by atoms with van der Waals surface area (Å²) in [6, 6.07) is 9.65. The van der Waals surface area contributed by atoms with E-state index in [0.717, 1.165) is 0 Å². The summed E-state index contributed by atoms with van der Waals surface area (Å²) in [7, 11) is -3.97. The number of halogens is 3. The fraction of sp³-hybridized carbons (Fsp3) is 0.227. The second-order valence-electron chi connectivity index (χ2n) is 7.22. The molecular weight excluding hydrogens is 476 g/mol. The smallest absolute Gasteiger partial charge is 0.269 e. The van der Waals surface area contributed by atoms with Crippen molar-refractivity contribution in [1.29, 1.82) is 0 Å². The molecule has 1 aliphatic rings. The van der Waals surface area contributed by atoms with Gasteiger partial charge in [-0.2, -0.15) is 5.10 Å². The first kappa shape index (κ1) is 22.6. The fourth-order valence-electron chi connectivity index (χ4n) is 3.58. The van der Waals surface area contributed by atoms with Crippen molar-refractivity contribution in [2.24, 2.45) is 0 Å². The van der Waals surface area contributed by atoms with Gasteiger partial charge in [0.25, 0.3) is 10.0 Å². The molecule has 2 heterocycles. The van der Waals surface area contributed by atoms with Crippen molar-refractivity contribution in [2.45, 2.75) is 25.3 Å². The molecule has 0 atom stereocenters. The summed E-state index contributed by atoms with van der Waals surface area (Å²) in [4.78, 5) is -0.0656. The third-order valence-corrected chi connectivity index (χ3v) is 7.64. The van der Waals surface area contributed by atoms with Crippen LogP contribution in [-0.4, -0.2) is 31.3 Å². The zero-order valence-corrected chi connectivity index (χ0v) is 19.7. The molecule has 0 N–H and O–H groups in total. The lowest BCUT2D eigenvalue weighted by molar-refractivity contribution is 0.316. The molecular formula is C22H20Cl2FN3O3S. The molecule has 0 spiro atoms. The molecule has 0 bridgehead atoms. The van der Waals surface area contributed by atoms with Gasteiger partial charge in [0.2, 0.25) is 0 Å². The third-order valence-electron chi connectivity index (χ3n) is 5.12. The van der Waals surface area contributed by atoms with Crippen LogP contribution in [0.4, 0.5) is 10.1 Å². The van der Waals surface area contributed by atoms with Gasteiger partial charge in [0.15, 0.2) is 5.15 Å². The van der Waals surface area contributed by atoms with Crippen LogP contribution in [0.15, 0.2) is 47.5 Å². The summed E-state index contributed by atoms with van der Waals surface area (Å²) in [6.07, 6.45) is 3.16. The van der Waals surface area contributed by atoms with Crippen molar-refractivity contribution in [2.75, 3.05) is 17.5 Å². The van der Waals surface area contributed by atoms with E-state index in [1.54, 1.807) is 43.3 Å². The molecule has 1 aromatic heterocycles. The summed E-state index contributed by atoms with van der Waals surface area (Å²) >= 11 is 12.3. The van der Waals surface area contributed by atoms with Crippen molar-refractivity contribution in [3.8, 4) is 5.75 Å². The van der Waals surface area contributed by atoms with Gasteiger partial charge in [0.05, 0.1) is 17.3 Å². The average Bonchev–Trinajstić information content (AvgIpc) is 3.14. The fourth-order valence-corrected chi connectivity index (χ4v) is 5.79. The minimum absolute atomic E-state index is 0.0656. The standard InChI is InChI=1S/C22H20Cl2FN3O3S/c1-3-27-13-20(22(24)26-27)32(29,30)28-9-10-31-19-8-7-15(12-18(19)28)11-14(2)21-16(23)5-4-6-17(21)25/h4-8,11-13H,3,9-10H2,1-2H3/b14-11+. The van der Waals surface area contributed by atoms with Crippen molar-refractivity contribution in [3.05, 3.63) is 69.7 Å². The first-order valence-corrected chi connectivity index (χ1v) is 12.1. The molecule has 3 aromatic rings. The number of aryl methyl sites for hydroxylation is 1. The van der Waals surface area contributed by atoms with Crippen LogP contribution in [0.1, 0.15) is 25.0 Å². The van der Waals surface area contributed by atoms with E-state index in [2.05, 4.69) is 5.10 Å². The second kappa shape index (κ2) is 8.77. The normalized spacial score (nSPS) is 14.3. The van der Waals surface area contributed by atoms with E-state index in [1.165, 1.54) is 21.3 Å². The van der Waals surface area contributed by atoms with Crippen LogP contribution in [0.25, 0.3) is 11.6 Å². The SMILES string of the molecule is CCn1cc(S(=O)(=O)N2CCOc3ccc(/C=C(\C)c4c(F)cccc4Cl)cc32)c(Cl)n1. The Bertz CT molecular complexity index is 1300. The molecule has 0 amide bonds. The zero-order valence-electron chi connectivity index (χ0n) is 17.3. The van der Waals surface area contributed by atoms with Crippen LogP contribution in [-0.2, 0) is 16.6 Å². The minimum Gasteiger partial charge on any atom is -0.489 e. The van der Waals surface area contributed by atoms with E-state index in [0.29, 0.717) is 39.7 Å². The quantitative estimate of drug-likeness (QED) is 0.438. The highest BCUT2D eigenvalue weighted by atomic mass is 35.5. The largest absolute Gasteiger partial charge is 0.489 e. The number of hydrogen-bond donors (Lipinski definition) is 0. The van der Waals surface area contributed by atoms with Gasteiger partial charge in [-0.1, -0.05) is 41.4 Å². The lowest BCUT2D eigenvalue weighted by Crippen LogP contribution is -2.38. The Labute approximate surface area is 195 Å². The molecule has 32 heavy (non-hydrogen) atoms. The average molecular weight is 496 g/mol. The highest BCUT2D eigenvalue weighted by Gasteiger charge is 2.33. The maximum absolute atomic E-state index is 14.3. The summed E-state index contributed by atoms with van der Waals surface area (Å²) < 4.78 is 49.5. The molecule has 2 aromatic carbocycles. The summed E-state index contributed by atoms with van der Waals surface area (Å²) in [6.45, 7) is 4.39. The van der Waals surface area contributed by atoms with Gasteiger partial charge in [0.1, 0.15) is 23.1 Å². The maximum Gasteiger partial charge on any atom is 0.269 e. The molecule has 10 heteroatoms. The van der Waals surface area contributed by atoms with Gasteiger partial charge >= 0.3 is 0 Å². The number of sulfonamides is 1. The molecule has 6 nitrogen and oxygen atoms in total. The lowest BCUT2D eigenvalue weighted by Gasteiger charge is -2.30. The van der Waals surface area contributed by atoms with Gasteiger partial charge in [0, 0.05) is 18.3 Å². The Morgan fingerprint density at radius 3 is 2.75 bits per heavy atom. The first-order valence-electron chi connectivity index (χ1n) is 9.87. The zero-order chi connectivity index (χ0) is 23.0. The molecule has 1 aliphatic heterocycles. The number of nitrogens with zero attached hydrogens (tertiary/aromatic N) is 3. The minimum atomic E-state index is -3.97. The van der Waals surface area contributed by atoms with Crippen LogP contribution in [0.5, 0.6) is 5.75 Å². The van der Waals surface area contributed by atoms with E-state index in [1.807, 2.05) is 6.92 Å². The maximum atomic E-state index is 14.3. The molecule has 0 aliphatic carbocycles. The molecule has 4 rings (SSSR count). The van der Waals surface area contributed by atoms with Gasteiger partial charge in [-0.3, -0.25) is 8.99 Å². The van der Waals surface area contributed by atoms with Gasteiger partial charge < -0.3 is 4.74 Å². The van der Waals surface area contributed by atoms with E-state index in [9.17, 15) is 12.8 Å². The van der Waals surface area contributed by atoms with E-state index in [-0.39, 0.29) is 23.2 Å². The highest BCUT2D eigenvalue weighted by molar-refractivity contribution is 7.93. The summed E-state index contributed by atoms with van der Waals surface area (Å²) in [5.41, 5.74) is 1.94. The molecule has 0 fully saturated rings. The Kier molecular flexibility index (Phi) is 6.20. The Morgan fingerprint density at radius 2 is 2.06 bits per heavy atom. The van der Waals surface area contributed by atoms with Crippen LogP contribution in [0.2, 0.25) is 10.2 Å². The lowest BCUT2D eigenvalue weighted by atomic mass is 10.0. The number of aromatic nitrogens is 2. The van der Waals surface area contributed by atoms with Crippen molar-refractivity contribution < 1.29 is 17.5 Å². The Hall–Kier alpha value is -2.55. The molecule has 0 radical (unpaired) electrons. The number of allylic oxidation sites excluding steroid dienone is 1. The third kappa shape index (κ3) is 4.10. The van der Waals surface area contributed by atoms with Crippen molar-refractivity contribution in [3.63, 3.8) is 0 Å². The predicted octanol–water partition coefficient (Wildman–Crippen LogP) is 5.50. The van der Waals surface area contributed by atoms with Crippen LogP contribution >= 0.6 is 23.2 Å². The number of fused-ring (bicyclic) bond motifs is 1. The molecule has 168 valence electrons. The summed E-state index contributed by atoms with van der Waals surface area (Å²) in [5.74, 6) is -0.00289. The predicted molar refractivity (Wildman–Crippen MR) is 124 cm³/mol. The van der Waals surface area contributed by atoms with Crippen LogP contribution in [0, 0.1) is 5.82 Å². The molecule has 0 saturated heterocycles. The van der Waals surface area contributed by atoms with Gasteiger partial charge in [-0.25, -0.2) is 12.8 Å². The number of hydrogen-bond acceptors (Lipinski definition) is 4. The number of rotatable bonds is 5. The monoisotopic (exact) mass is 495 g/mol. The highest BCUT2D eigenvalue weighted by Crippen LogP contribution is 2.38. The van der Waals surface area contributed by atoms with Crippen LogP contribution < -0.4 is 9.04 Å². The van der Waals surface area contributed by atoms with Gasteiger partial charge in [-0.05, 0) is 49.2 Å². The van der Waals surface area contributed by atoms with E-state index < -0.39 is 15.8 Å². The van der Waals surface area contributed by atoms with E-state index in [4.69, 9.17) is 27.9 Å². The Morgan fingerprint density at radius 1 is 1.28 bits per heavy atom. The Balaban J connectivity index is 1.77. The van der Waals surface area contributed by atoms with Crippen LogP contribution in [0.3, 0.4) is 0 Å². The first-order chi connectivity index (χ1) is 15.2. The molecule has 0 saturated carbocycles. The number of ether oxygens (including phenoxy) is 1. The number of benzene rings is 2. The van der Waals surface area contributed by atoms with Crippen molar-refractivity contribution >= 4 is 50.6 Å². The number of anilines is 1. The van der Waals surface area contributed by atoms with Gasteiger partial charge in [-0.15, -0.1) is 0 Å². The van der Waals surface area contributed by atoms with E-state index >= 15 is 0 Å². The van der Waals surface area contributed by atoms with Crippen molar-refractivity contribution in [1.82, 2.24) is 9.78 Å². The topological polar surface area (TPSA) is 64.4 Å². The molecule has 0 unspecified atom stereocenters. The summed E-state index contributed by atoms with van der Waals surface area (Å²) in [5, 5.41) is 4.26.